The van der Waals surface area contributed by atoms with Crippen molar-refractivity contribution in [1.82, 2.24) is 10.3 Å². The maximum atomic E-state index is 6.04. The highest BCUT2D eigenvalue weighted by molar-refractivity contribution is 5.90. The number of furan rings is 1. The molecule has 0 atom stereocenters. The van der Waals surface area contributed by atoms with Crippen molar-refractivity contribution in [3.05, 3.63) is 60.2 Å². The normalized spacial score (nSPS) is 10.9. The van der Waals surface area contributed by atoms with Crippen molar-refractivity contribution in [2.45, 2.75) is 13.1 Å². The summed E-state index contributed by atoms with van der Waals surface area (Å²) in [5.41, 5.74) is 9.81. The molecule has 1 aromatic carbocycles. The predicted molar refractivity (Wildman–Crippen MR) is 75.4 cm³/mol. The average molecular weight is 253 g/mol. The minimum absolute atomic E-state index is 0.681. The van der Waals surface area contributed by atoms with E-state index in [-0.39, 0.29) is 0 Å². The molecule has 0 aliphatic rings. The predicted octanol–water partition coefficient (Wildman–Crippen LogP) is 2.70. The molecule has 3 aromatic rings. The van der Waals surface area contributed by atoms with Crippen molar-refractivity contribution in [2.24, 2.45) is 0 Å². The maximum absolute atomic E-state index is 6.04. The molecule has 0 spiro atoms. The number of nitrogens with one attached hydrogen (secondary N) is 1. The largest absolute Gasteiger partial charge is 0.472 e. The fourth-order valence-corrected chi connectivity index (χ4v) is 2.08. The van der Waals surface area contributed by atoms with E-state index in [1.807, 2.05) is 36.4 Å². The minimum atomic E-state index is 0.681. The highest BCUT2D eigenvalue weighted by atomic mass is 16.3. The van der Waals surface area contributed by atoms with Crippen LogP contribution in [-0.2, 0) is 13.1 Å². The molecule has 0 saturated heterocycles. The number of anilines is 1. The molecule has 2 heterocycles. The van der Waals surface area contributed by atoms with Gasteiger partial charge in [0.2, 0.25) is 0 Å². The summed E-state index contributed by atoms with van der Waals surface area (Å²) in [7, 11) is 0. The van der Waals surface area contributed by atoms with Gasteiger partial charge >= 0.3 is 0 Å². The van der Waals surface area contributed by atoms with Crippen molar-refractivity contribution in [2.75, 3.05) is 5.73 Å². The molecule has 2 aromatic heterocycles. The third kappa shape index (κ3) is 2.58. The molecule has 0 saturated carbocycles. The zero-order valence-corrected chi connectivity index (χ0v) is 10.5. The lowest BCUT2D eigenvalue weighted by Gasteiger charge is -2.07. The van der Waals surface area contributed by atoms with E-state index in [1.165, 1.54) is 0 Å². The third-order valence-electron chi connectivity index (χ3n) is 3.02. The Morgan fingerprint density at radius 3 is 2.89 bits per heavy atom. The van der Waals surface area contributed by atoms with Gasteiger partial charge in [0.25, 0.3) is 0 Å². The Bertz CT molecular complexity index is 677. The van der Waals surface area contributed by atoms with Crippen molar-refractivity contribution in [3.8, 4) is 0 Å². The number of rotatable bonds is 4. The number of hydrogen-bond donors (Lipinski definition) is 2. The van der Waals surface area contributed by atoms with E-state index in [4.69, 9.17) is 10.2 Å². The van der Waals surface area contributed by atoms with Crippen molar-refractivity contribution in [3.63, 3.8) is 0 Å². The van der Waals surface area contributed by atoms with E-state index in [2.05, 4.69) is 10.3 Å². The van der Waals surface area contributed by atoms with Gasteiger partial charge in [-0.25, -0.2) is 0 Å². The first-order chi connectivity index (χ1) is 9.33. The highest BCUT2D eigenvalue weighted by Crippen LogP contribution is 2.19. The van der Waals surface area contributed by atoms with Crippen LogP contribution in [0.1, 0.15) is 11.3 Å². The number of para-hydroxylation sites is 1. The molecule has 19 heavy (non-hydrogen) atoms. The topological polar surface area (TPSA) is 64.1 Å². The van der Waals surface area contributed by atoms with E-state index >= 15 is 0 Å². The lowest BCUT2D eigenvalue weighted by atomic mass is 10.1. The molecule has 4 nitrogen and oxygen atoms in total. The third-order valence-corrected chi connectivity index (χ3v) is 3.02. The quantitative estimate of drug-likeness (QED) is 0.750. The van der Waals surface area contributed by atoms with Crippen LogP contribution in [0.3, 0.4) is 0 Å². The van der Waals surface area contributed by atoms with Gasteiger partial charge in [0, 0.05) is 29.7 Å². The van der Waals surface area contributed by atoms with Crippen molar-refractivity contribution in [1.29, 1.82) is 0 Å². The SMILES string of the molecule is Nc1cc(CNCc2ccoc2)nc2ccccc12. The van der Waals surface area contributed by atoms with E-state index in [9.17, 15) is 0 Å². The average Bonchev–Trinajstić information content (AvgIpc) is 2.92. The fourth-order valence-electron chi connectivity index (χ4n) is 2.08. The monoisotopic (exact) mass is 253 g/mol. The molecule has 0 radical (unpaired) electrons. The standard InChI is InChI=1S/C15H15N3O/c16-14-7-12(9-17-8-11-5-6-19-10-11)18-15-4-2-1-3-13(14)15/h1-7,10,17H,8-9H2,(H2,16,18). The summed E-state index contributed by atoms with van der Waals surface area (Å²) in [5, 5.41) is 4.32. The first kappa shape index (κ1) is 11.7. The Morgan fingerprint density at radius 2 is 2.05 bits per heavy atom. The number of nitrogen functional groups attached to an aromatic ring is 1. The van der Waals surface area contributed by atoms with Crippen LogP contribution >= 0.6 is 0 Å². The minimum Gasteiger partial charge on any atom is -0.472 e. The van der Waals surface area contributed by atoms with Gasteiger partial charge in [-0.05, 0) is 18.2 Å². The van der Waals surface area contributed by atoms with Crippen LogP contribution in [0.4, 0.5) is 5.69 Å². The summed E-state index contributed by atoms with van der Waals surface area (Å²) in [6.45, 7) is 1.44. The summed E-state index contributed by atoms with van der Waals surface area (Å²) >= 11 is 0. The van der Waals surface area contributed by atoms with Crippen LogP contribution < -0.4 is 11.1 Å². The number of pyridine rings is 1. The number of benzene rings is 1. The van der Waals surface area contributed by atoms with Crippen LogP contribution in [0.25, 0.3) is 10.9 Å². The van der Waals surface area contributed by atoms with Gasteiger partial charge in [-0.3, -0.25) is 4.98 Å². The van der Waals surface area contributed by atoms with E-state index in [1.54, 1.807) is 12.5 Å². The zero-order valence-electron chi connectivity index (χ0n) is 10.5. The number of nitrogens with two attached hydrogens (primary N) is 1. The Hall–Kier alpha value is -2.33. The number of hydrogen-bond acceptors (Lipinski definition) is 4. The highest BCUT2D eigenvalue weighted by Gasteiger charge is 2.03. The summed E-state index contributed by atoms with van der Waals surface area (Å²) < 4.78 is 5.02. The smallest absolute Gasteiger partial charge is 0.0947 e. The molecule has 96 valence electrons. The fraction of sp³-hybridized carbons (Fsp3) is 0.133. The molecule has 4 heteroatoms. The Kier molecular flexibility index (Phi) is 3.16. The molecule has 0 aliphatic heterocycles. The van der Waals surface area contributed by atoms with Gasteiger partial charge in [0.05, 0.1) is 23.7 Å². The lowest BCUT2D eigenvalue weighted by Crippen LogP contribution is -2.13. The number of nitrogens with zero attached hydrogens (tertiary/aromatic N) is 1. The molecule has 0 unspecified atom stereocenters. The van der Waals surface area contributed by atoms with E-state index in [0.29, 0.717) is 6.54 Å². The molecule has 3 rings (SSSR count). The summed E-state index contributed by atoms with van der Waals surface area (Å²) in [6.07, 6.45) is 3.40. The lowest BCUT2D eigenvalue weighted by molar-refractivity contribution is 0.560. The van der Waals surface area contributed by atoms with Crippen LogP contribution in [-0.4, -0.2) is 4.98 Å². The van der Waals surface area contributed by atoms with E-state index < -0.39 is 0 Å². The Balaban J connectivity index is 1.74. The Labute approximate surface area is 111 Å². The molecule has 0 bridgehead atoms. The molecule has 0 amide bonds. The second kappa shape index (κ2) is 5.12. The van der Waals surface area contributed by atoms with Gasteiger partial charge in [-0.1, -0.05) is 18.2 Å². The molecular formula is C15H15N3O. The Morgan fingerprint density at radius 1 is 1.16 bits per heavy atom. The van der Waals surface area contributed by atoms with Crippen molar-refractivity contribution < 1.29 is 4.42 Å². The van der Waals surface area contributed by atoms with E-state index in [0.717, 1.165) is 34.4 Å². The first-order valence-corrected chi connectivity index (χ1v) is 6.19. The van der Waals surface area contributed by atoms with Gasteiger partial charge < -0.3 is 15.5 Å². The van der Waals surface area contributed by atoms with Crippen LogP contribution in [0.15, 0.2) is 53.3 Å². The van der Waals surface area contributed by atoms with Gasteiger partial charge in [-0.2, -0.15) is 0 Å². The second-order valence-corrected chi connectivity index (χ2v) is 4.46. The van der Waals surface area contributed by atoms with Crippen LogP contribution in [0.2, 0.25) is 0 Å². The second-order valence-electron chi connectivity index (χ2n) is 4.46. The molecular weight excluding hydrogens is 238 g/mol. The molecule has 0 aliphatic carbocycles. The summed E-state index contributed by atoms with van der Waals surface area (Å²) in [5.74, 6) is 0. The number of fused-ring (bicyclic) bond motifs is 1. The van der Waals surface area contributed by atoms with Gasteiger partial charge in [0.15, 0.2) is 0 Å². The first-order valence-electron chi connectivity index (χ1n) is 6.19. The molecule has 3 N–H and O–H groups in total. The van der Waals surface area contributed by atoms with Gasteiger partial charge in [-0.15, -0.1) is 0 Å². The maximum Gasteiger partial charge on any atom is 0.0947 e. The number of aromatic nitrogens is 1. The summed E-state index contributed by atoms with van der Waals surface area (Å²) in [6, 6.07) is 11.8. The van der Waals surface area contributed by atoms with Gasteiger partial charge in [0.1, 0.15) is 0 Å². The molecule has 0 fully saturated rings. The zero-order chi connectivity index (χ0) is 13.1. The summed E-state index contributed by atoms with van der Waals surface area (Å²) in [4.78, 5) is 4.59. The van der Waals surface area contributed by atoms with Crippen LogP contribution in [0, 0.1) is 0 Å². The van der Waals surface area contributed by atoms with Crippen molar-refractivity contribution >= 4 is 16.6 Å². The van der Waals surface area contributed by atoms with Crippen LogP contribution in [0.5, 0.6) is 0 Å².